The summed E-state index contributed by atoms with van der Waals surface area (Å²) in [5.74, 6) is -27.2. The monoisotopic (exact) mass is 670 g/mol. The van der Waals surface area contributed by atoms with Crippen LogP contribution in [0.5, 0.6) is 0 Å². The van der Waals surface area contributed by atoms with Crippen molar-refractivity contribution in [3.05, 3.63) is 46.6 Å². The number of rotatable bonds is 5. The molecule has 2 unspecified atom stereocenters. The molecule has 0 N–H and O–H groups in total. The van der Waals surface area contributed by atoms with E-state index in [2.05, 4.69) is 0 Å². The Balaban J connectivity index is 2.51. The van der Waals surface area contributed by atoms with E-state index in [1.807, 2.05) is 0 Å². The molecule has 0 heterocycles. The Morgan fingerprint density at radius 1 is 0.372 bits per heavy atom. The smallest absolute Gasteiger partial charge is 0.209 e. The van der Waals surface area contributed by atoms with Crippen LogP contribution in [0.1, 0.15) is 44.9 Å². The molecule has 0 saturated heterocycles. The lowest BCUT2D eigenvalue weighted by Gasteiger charge is -2.69. The van der Waals surface area contributed by atoms with E-state index in [1.54, 1.807) is 0 Å². The Hall–Kier alpha value is -2.44. The molecule has 20 heteroatoms. The van der Waals surface area contributed by atoms with Crippen LogP contribution in [-0.2, 0) is 0 Å². The van der Waals surface area contributed by atoms with Crippen LogP contribution in [0.15, 0.2) is 46.6 Å². The van der Waals surface area contributed by atoms with E-state index in [9.17, 15) is 74.6 Å². The van der Waals surface area contributed by atoms with Crippen LogP contribution in [0.4, 0.5) is 87.8 Å². The quantitative estimate of drug-likeness (QED) is 0.256. The van der Waals surface area contributed by atoms with E-state index >= 15 is 13.2 Å². The van der Waals surface area contributed by atoms with Crippen LogP contribution in [-0.4, -0.2) is 24.7 Å². The van der Waals surface area contributed by atoms with Gasteiger partial charge in [-0.25, -0.2) is 17.6 Å². The van der Waals surface area contributed by atoms with Crippen molar-refractivity contribution in [3.63, 3.8) is 0 Å². The molecule has 0 aromatic heterocycles. The van der Waals surface area contributed by atoms with Crippen LogP contribution in [0.3, 0.4) is 0 Å². The summed E-state index contributed by atoms with van der Waals surface area (Å²) >= 11 is 0. The Labute approximate surface area is 226 Å². The summed E-state index contributed by atoms with van der Waals surface area (Å²) in [5, 5.41) is 0. The van der Waals surface area contributed by atoms with Gasteiger partial charge in [0.15, 0.2) is 0 Å². The van der Waals surface area contributed by atoms with Gasteiger partial charge in [-0.3, -0.25) is 0 Å². The standard InChI is InChI=1S/C23H14F20/c24-8(9(25)20(32,33)34)1-16-2-17(10(26)13(29)21(35,36)37)5-18(3-16,11(27)14(30)22(38,39)40)7-19(4-16,6-17)12(28)15(31)23(41,42)43/h1-7H2/b9-8+,13-10-,14-11+,15-12+. The molecule has 43 heavy (non-hydrogen) atoms. The summed E-state index contributed by atoms with van der Waals surface area (Å²) in [6, 6.07) is 0. The number of alkyl halides is 12. The van der Waals surface area contributed by atoms with Crippen molar-refractivity contribution >= 4 is 0 Å². The molecule has 2 atom stereocenters. The fourth-order valence-electron chi connectivity index (χ4n) is 7.37. The van der Waals surface area contributed by atoms with Gasteiger partial charge in [0.1, 0.15) is 23.3 Å². The Kier molecular flexibility index (Phi) is 8.18. The van der Waals surface area contributed by atoms with Gasteiger partial charge >= 0.3 is 24.7 Å². The molecule has 0 amide bonds. The summed E-state index contributed by atoms with van der Waals surface area (Å²) in [4.78, 5) is 0. The molecule has 4 saturated carbocycles. The first-order chi connectivity index (χ1) is 19.0. The molecule has 0 nitrogen and oxygen atoms in total. The van der Waals surface area contributed by atoms with E-state index in [1.165, 1.54) is 0 Å². The average molecular weight is 670 g/mol. The van der Waals surface area contributed by atoms with Crippen molar-refractivity contribution in [1.29, 1.82) is 0 Å². The van der Waals surface area contributed by atoms with Gasteiger partial charge in [-0.2, -0.15) is 70.2 Å². The molecule has 4 aliphatic carbocycles. The van der Waals surface area contributed by atoms with E-state index < -0.39 is 138 Å². The van der Waals surface area contributed by atoms with Crippen LogP contribution in [0.25, 0.3) is 0 Å². The Morgan fingerprint density at radius 2 is 0.605 bits per heavy atom. The molecule has 4 bridgehead atoms. The second-order valence-corrected chi connectivity index (χ2v) is 11.2. The minimum Gasteiger partial charge on any atom is -0.209 e. The predicted octanol–water partition coefficient (Wildman–Crippen LogP) is 11.6. The van der Waals surface area contributed by atoms with Gasteiger partial charge in [0.25, 0.3) is 0 Å². The third-order valence-electron chi connectivity index (χ3n) is 7.91. The lowest BCUT2D eigenvalue weighted by atomic mass is 9.34. The number of hydrogen-bond acceptors (Lipinski definition) is 0. The molecule has 0 aromatic rings. The lowest BCUT2D eigenvalue weighted by molar-refractivity contribution is -0.192. The first kappa shape index (κ1) is 35.0. The van der Waals surface area contributed by atoms with E-state index in [0.717, 1.165) is 0 Å². The van der Waals surface area contributed by atoms with Crippen molar-refractivity contribution in [2.75, 3.05) is 0 Å². The second kappa shape index (κ2) is 10.0. The summed E-state index contributed by atoms with van der Waals surface area (Å²) < 4.78 is 273. The van der Waals surface area contributed by atoms with Crippen LogP contribution < -0.4 is 0 Å². The van der Waals surface area contributed by atoms with Gasteiger partial charge in [0, 0.05) is 22.7 Å². The summed E-state index contributed by atoms with van der Waals surface area (Å²) in [6.07, 6.45) is -38.1. The van der Waals surface area contributed by atoms with Crippen molar-refractivity contribution in [1.82, 2.24) is 0 Å². The van der Waals surface area contributed by atoms with Crippen molar-refractivity contribution in [3.8, 4) is 0 Å². The zero-order chi connectivity index (χ0) is 33.6. The predicted molar refractivity (Wildman–Crippen MR) is 103 cm³/mol. The average Bonchev–Trinajstić information content (AvgIpc) is 2.81. The van der Waals surface area contributed by atoms with Gasteiger partial charge in [0.2, 0.25) is 23.3 Å². The molecular weight excluding hydrogens is 656 g/mol. The molecule has 4 rings (SSSR count). The van der Waals surface area contributed by atoms with Crippen molar-refractivity contribution < 1.29 is 87.8 Å². The fraction of sp³-hybridized carbons (Fsp3) is 0.652. The van der Waals surface area contributed by atoms with E-state index in [-0.39, 0.29) is 0 Å². The number of halogens is 20. The van der Waals surface area contributed by atoms with Crippen LogP contribution in [0, 0.1) is 21.7 Å². The minimum absolute atomic E-state index is 1.67. The van der Waals surface area contributed by atoms with Gasteiger partial charge in [-0.1, -0.05) is 0 Å². The molecule has 4 aliphatic rings. The zero-order valence-corrected chi connectivity index (χ0v) is 20.5. The summed E-state index contributed by atoms with van der Waals surface area (Å²) in [7, 11) is 0. The highest BCUT2D eigenvalue weighted by Gasteiger charge is 2.74. The normalized spacial score (nSPS) is 34.0. The number of allylic oxidation sites excluding steroid dienone is 8. The minimum atomic E-state index is -6.33. The molecule has 4 fully saturated rings. The summed E-state index contributed by atoms with van der Waals surface area (Å²) in [6.45, 7) is 0. The maximum absolute atomic E-state index is 15.3. The topological polar surface area (TPSA) is 0 Å². The maximum Gasteiger partial charge on any atom is 0.445 e. The van der Waals surface area contributed by atoms with Crippen molar-refractivity contribution in [2.45, 2.75) is 69.7 Å². The van der Waals surface area contributed by atoms with Gasteiger partial charge < -0.3 is 0 Å². The molecule has 246 valence electrons. The van der Waals surface area contributed by atoms with Gasteiger partial charge in [0.05, 0.1) is 0 Å². The Bertz CT molecular complexity index is 1150. The van der Waals surface area contributed by atoms with Crippen LogP contribution in [0.2, 0.25) is 0 Å². The highest BCUT2D eigenvalue weighted by atomic mass is 19.4. The Morgan fingerprint density at radius 3 is 0.814 bits per heavy atom. The van der Waals surface area contributed by atoms with Gasteiger partial charge in [-0.05, 0) is 43.9 Å². The molecule has 0 radical (unpaired) electrons. The number of hydrogen-bond donors (Lipinski definition) is 0. The third kappa shape index (κ3) is 5.99. The highest BCUT2D eigenvalue weighted by Crippen LogP contribution is 2.80. The SMILES string of the molecule is F/C(=C(\F)C12CC3(C/C(F)=C(\F)C(F)(F)F)CC(/C(F)=C(\F)C(F)(F)F)(C1)CC(/C(F)=C(\F)C(F)(F)F)(C3)C2)C(F)(F)F. The zero-order valence-electron chi connectivity index (χ0n) is 20.5. The third-order valence-corrected chi connectivity index (χ3v) is 7.91. The fourth-order valence-corrected chi connectivity index (χ4v) is 7.37. The lowest BCUT2D eigenvalue weighted by Crippen LogP contribution is -2.62. The second-order valence-electron chi connectivity index (χ2n) is 11.2. The molecule has 0 aliphatic heterocycles. The largest absolute Gasteiger partial charge is 0.445 e. The van der Waals surface area contributed by atoms with Gasteiger partial charge in [-0.15, -0.1) is 0 Å². The van der Waals surface area contributed by atoms with E-state index in [4.69, 9.17) is 0 Å². The maximum atomic E-state index is 15.3. The van der Waals surface area contributed by atoms with Crippen molar-refractivity contribution in [2.24, 2.45) is 21.7 Å². The first-order valence-electron chi connectivity index (χ1n) is 11.5. The highest BCUT2D eigenvalue weighted by molar-refractivity contribution is 5.37. The van der Waals surface area contributed by atoms with Crippen LogP contribution >= 0.6 is 0 Å². The summed E-state index contributed by atoms with van der Waals surface area (Å²) in [5.41, 5.74) is -14.0. The molecule has 0 aromatic carbocycles. The molecule has 0 spiro atoms. The van der Waals surface area contributed by atoms with E-state index in [0.29, 0.717) is 0 Å². The molecular formula is C23H14F20. The first-order valence-corrected chi connectivity index (χ1v) is 11.5.